The van der Waals surface area contributed by atoms with E-state index in [-0.39, 0.29) is 5.56 Å². The Balaban J connectivity index is 1.11. The fourth-order valence-corrected chi connectivity index (χ4v) is 4.81. The maximum Gasteiger partial charge on any atom is 0.130 e. The predicted octanol–water partition coefficient (Wildman–Crippen LogP) is 3.54. The highest BCUT2D eigenvalue weighted by molar-refractivity contribution is 5.20. The second kappa shape index (κ2) is 8.32. The number of piperidine rings is 2. The van der Waals surface area contributed by atoms with E-state index in [0.29, 0.717) is 24.3 Å². The summed E-state index contributed by atoms with van der Waals surface area (Å²) in [6.45, 7) is 7.67. The normalized spacial score (nSPS) is 29.1. The molecule has 144 valence electrons. The van der Waals surface area contributed by atoms with Crippen molar-refractivity contribution in [3.05, 3.63) is 35.4 Å². The van der Waals surface area contributed by atoms with Gasteiger partial charge >= 0.3 is 0 Å². The van der Waals surface area contributed by atoms with E-state index in [9.17, 15) is 8.78 Å². The first kappa shape index (κ1) is 18.3. The average Bonchev–Trinajstić information content (AvgIpc) is 3.10. The van der Waals surface area contributed by atoms with Crippen LogP contribution in [0.5, 0.6) is 0 Å². The molecule has 2 saturated heterocycles. The van der Waals surface area contributed by atoms with Crippen LogP contribution in [0, 0.1) is 29.4 Å². The summed E-state index contributed by atoms with van der Waals surface area (Å²) in [5, 5.41) is 0. The van der Waals surface area contributed by atoms with Gasteiger partial charge in [-0.1, -0.05) is 12.5 Å². The fourth-order valence-electron chi connectivity index (χ4n) is 4.81. The molecule has 1 aromatic rings. The summed E-state index contributed by atoms with van der Waals surface area (Å²) < 4.78 is 33.5. The maximum absolute atomic E-state index is 13.8. The van der Waals surface area contributed by atoms with Crippen LogP contribution in [0.3, 0.4) is 0 Å². The third-order valence-corrected chi connectivity index (χ3v) is 6.41. The average molecular weight is 364 g/mol. The van der Waals surface area contributed by atoms with E-state index in [1.165, 1.54) is 57.1 Å². The molecule has 0 unspecified atom stereocenters. The molecule has 0 amide bonds. The minimum absolute atomic E-state index is 0.208. The lowest BCUT2D eigenvalue weighted by molar-refractivity contribution is 0.0966. The van der Waals surface area contributed by atoms with E-state index in [1.807, 2.05) is 0 Å². The number of hydrogen-bond acceptors (Lipinski definition) is 3. The van der Waals surface area contributed by atoms with E-state index in [0.717, 1.165) is 32.7 Å². The number of benzene rings is 1. The van der Waals surface area contributed by atoms with Crippen molar-refractivity contribution in [1.82, 2.24) is 9.80 Å². The van der Waals surface area contributed by atoms with Gasteiger partial charge in [0.25, 0.3) is 0 Å². The highest BCUT2D eigenvalue weighted by Gasteiger charge is 2.55. The molecule has 3 aliphatic rings. The highest BCUT2D eigenvalue weighted by atomic mass is 19.1. The summed E-state index contributed by atoms with van der Waals surface area (Å²) in [6, 6.07) is 4.11. The first-order chi connectivity index (χ1) is 12.7. The summed E-state index contributed by atoms with van der Waals surface area (Å²) in [7, 11) is 0. The zero-order valence-corrected chi connectivity index (χ0v) is 15.5. The largest absolute Gasteiger partial charge is 0.381 e. The van der Waals surface area contributed by atoms with Gasteiger partial charge in [0.15, 0.2) is 0 Å². The number of hydrogen-bond donors (Lipinski definition) is 0. The Morgan fingerprint density at radius 1 is 0.962 bits per heavy atom. The van der Waals surface area contributed by atoms with E-state index >= 15 is 0 Å². The molecular weight excluding hydrogens is 334 g/mol. The van der Waals surface area contributed by atoms with E-state index in [4.69, 9.17) is 4.74 Å². The molecule has 3 fully saturated rings. The fraction of sp³-hybridized carbons (Fsp3) is 0.714. The van der Waals surface area contributed by atoms with Crippen LogP contribution in [0.4, 0.5) is 8.78 Å². The van der Waals surface area contributed by atoms with Crippen LogP contribution in [0.1, 0.15) is 31.2 Å². The van der Waals surface area contributed by atoms with E-state index < -0.39 is 11.6 Å². The van der Waals surface area contributed by atoms with Crippen molar-refractivity contribution in [3.63, 3.8) is 0 Å². The van der Waals surface area contributed by atoms with Gasteiger partial charge in [-0.3, -0.25) is 4.90 Å². The number of ether oxygens (including phenoxy) is 1. The predicted molar refractivity (Wildman–Crippen MR) is 97.8 cm³/mol. The summed E-state index contributed by atoms with van der Waals surface area (Å²) in [4.78, 5) is 4.74. The zero-order chi connectivity index (χ0) is 17.9. The molecule has 4 rings (SSSR count). The molecule has 3 nitrogen and oxygen atoms in total. The standard InChI is InChI=1S/C21H30F2N2O/c22-20-6-4-7-21(23)18(20)14-25-12-16-17(13-25)19(16)15-26-11-5-10-24-8-2-1-3-9-24/h4,6-7,16-17,19H,1-3,5,8-15H2/t16-,17+,19-. The van der Waals surface area contributed by atoms with Gasteiger partial charge in [-0.05, 0) is 62.2 Å². The molecule has 1 aliphatic carbocycles. The number of fused-ring (bicyclic) bond motifs is 1. The van der Waals surface area contributed by atoms with Crippen molar-refractivity contribution in [1.29, 1.82) is 0 Å². The van der Waals surface area contributed by atoms with Crippen LogP contribution < -0.4 is 0 Å². The molecular formula is C21H30F2N2O. The SMILES string of the molecule is Fc1cccc(F)c1CN1C[C@@H]2[C@H](COCCCN3CCCCC3)[C@@H]2C1. The number of rotatable bonds is 8. The quantitative estimate of drug-likeness (QED) is 0.656. The second-order valence-corrected chi connectivity index (χ2v) is 8.22. The Hall–Kier alpha value is -1.04. The Kier molecular flexibility index (Phi) is 5.87. The third-order valence-electron chi connectivity index (χ3n) is 6.41. The van der Waals surface area contributed by atoms with Crippen molar-refractivity contribution in [2.45, 2.75) is 32.2 Å². The molecule has 0 spiro atoms. The van der Waals surface area contributed by atoms with Crippen LogP contribution in [-0.4, -0.2) is 55.7 Å². The smallest absolute Gasteiger partial charge is 0.130 e. The van der Waals surface area contributed by atoms with Crippen LogP contribution in [0.15, 0.2) is 18.2 Å². The summed E-state index contributed by atoms with van der Waals surface area (Å²) in [6.07, 6.45) is 5.21. The molecule has 1 saturated carbocycles. The Morgan fingerprint density at radius 3 is 2.35 bits per heavy atom. The van der Waals surface area contributed by atoms with E-state index in [2.05, 4.69) is 9.80 Å². The van der Waals surface area contributed by atoms with Gasteiger partial charge in [-0.15, -0.1) is 0 Å². The van der Waals surface area contributed by atoms with Gasteiger partial charge in [0.05, 0.1) is 6.61 Å². The van der Waals surface area contributed by atoms with Crippen molar-refractivity contribution in [2.75, 3.05) is 45.9 Å². The van der Waals surface area contributed by atoms with Crippen LogP contribution in [0.2, 0.25) is 0 Å². The van der Waals surface area contributed by atoms with Gasteiger partial charge in [-0.25, -0.2) is 8.78 Å². The van der Waals surface area contributed by atoms with Gasteiger partial charge in [0.2, 0.25) is 0 Å². The summed E-state index contributed by atoms with van der Waals surface area (Å²) >= 11 is 0. The van der Waals surface area contributed by atoms with Gasteiger partial charge in [0.1, 0.15) is 11.6 Å². The Morgan fingerprint density at radius 2 is 1.65 bits per heavy atom. The molecule has 0 aromatic heterocycles. The van der Waals surface area contributed by atoms with Gasteiger partial charge < -0.3 is 9.64 Å². The molecule has 0 radical (unpaired) electrons. The summed E-state index contributed by atoms with van der Waals surface area (Å²) in [5.41, 5.74) is 0.208. The Labute approximate surface area is 155 Å². The van der Waals surface area contributed by atoms with E-state index in [1.54, 1.807) is 0 Å². The minimum Gasteiger partial charge on any atom is -0.381 e. The molecule has 1 aromatic carbocycles. The lowest BCUT2D eigenvalue weighted by Crippen LogP contribution is -2.31. The van der Waals surface area contributed by atoms with Crippen LogP contribution in [0.25, 0.3) is 0 Å². The van der Waals surface area contributed by atoms with Crippen molar-refractivity contribution in [2.24, 2.45) is 17.8 Å². The molecule has 5 heteroatoms. The third kappa shape index (κ3) is 4.26. The monoisotopic (exact) mass is 364 g/mol. The molecule has 2 heterocycles. The number of likely N-dealkylation sites (tertiary alicyclic amines) is 2. The maximum atomic E-state index is 13.8. The topological polar surface area (TPSA) is 15.7 Å². The molecule has 26 heavy (non-hydrogen) atoms. The molecule has 0 N–H and O–H groups in total. The zero-order valence-electron chi connectivity index (χ0n) is 15.5. The van der Waals surface area contributed by atoms with Crippen LogP contribution in [-0.2, 0) is 11.3 Å². The first-order valence-electron chi connectivity index (χ1n) is 10.2. The van der Waals surface area contributed by atoms with Crippen molar-refractivity contribution < 1.29 is 13.5 Å². The van der Waals surface area contributed by atoms with Crippen LogP contribution >= 0.6 is 0 Å². The summed E-state index contributed by atoms with van der Waals surface area (Å²) in [5.74, 6) is 1.11. The lowest BCUT2D eigenvalue weighted by atomic mass is 10.1. The second-order valence-electron chi connectivity index (χ2n) is 8.22. The first-order valence-corrected chi connectivity index (χ1v) is 10.2. The van der Waals surface area contributed by atoms with Gasteiger partial charge in [0, 0.05) is 38.3 Å². The van der Waals surface area contributed by atoms with Crippen molar-refractivity contribution >= 4 is 0 Å². The lowest BCUT2D eigenvalue weighted by Gasteiger charge is -2.26. The minimum atomic E-state index is -0.431. The number of nitrogens with zero attached hydrogens (tertiary/aromatic N) is 2. The highest BCUT2D eigenvalue weighted by Crippen LogP contribution is 2.52. The molecule has 3 atom stereocenters. The molecule has 2 aliphatic heterocycles. The van der Waals surface area contributed by atoms with Gasteiger partial charge in [-0.2, -0.15) is 0 Å². The molecule has 0 bridgehead atoms. The number of halogens is 2. The van der Waals surface area contributed by atoms with Crippen molar-refractivity contribution in [3.8, 4) is 0 Å². The Bertz CT molecular complexity index is 573.